The minimum atomic E-state index is -0.300. The molecule has 6 rings (SSSR count). The molecule has 39 heavy (non-hydrogen) atoms. The Morgan fingerprint density at radius 1 is 0.513 bits per heavy atom. The van der Waals surface area contributed by atoms with Crippen molar-refractivity contribution in [2.45, 2.75) is 12.8 Å². The first-order valence-electron chi connectivity index (χ1n) is 12.6. The summed E-state index contributed by atoms with van der Waals surface area (Å²) in [7, 11) is 0. The normalized spacial score (nSPS) is 13.0. The maximum absolute atomic E-state index is 12.1. The van der Waals surface area contributed by atoms with Gasteiger partial charge in [-0.15, -0.1) is 0 Å². The number of carbonyl (C=O) groups is 4. The van der Waals surface area contributed by atoms with E-state index in [9.17, 15) is 19.2 Å². The van der Waals surface area contributed by atoms with Crippen molar-refractivity contribution in [3.63, 3.8) is 0 Å². The fourth-order valence-corrected chi connectivity index (χ4v) is 4.22. The van der Waals surface area contributed by atoms with Gasteiger partial charge in [-0.2, -0.15) is 0 Å². The maximum atomic E-state index is 12.1. The Bertz CT molecular complexity index is 1400. The van der Waals surface area contributed by atoms with Crippen LogP contribution in [0.4, 0.5) is 0 Å². The molecule has 0 atom stereocenters. The lowest BCUT2D eigenvalue weighted by atomic mass is 10.1. The van der Waals surface area contributed by atoms with Crippen LogP contribution in [0.5, 0.6) is 0 Å². The van der Waals surface area contributed by atoms with Crippen LogP contribution in [0, 0.1) is 0 Å². The lowest BCUT2D eigenvalue weighted by molar-refractivity contribution is 0.0655. The first-order chi connectivity index (χ1) is 19.0. The smallest absolute Gasteiger partial charge is 0.261 e. The molecule has 0 unspecified atom stereocenters. The van der Waals surface area contributed by atoms with Crippen molar-refractivity contribution < 1.29 is 24.3 Å². The molecule has 4 amide bonds. The summed E-state index contributed by atoms with van der Waals surface area (Å²) in [5.41, 5.74) is 4.29. The molecule has 0 saturated carbocycles. The molecule has 0 fully saturated rings. The highest BCUT2D eigenvalue weighted by Crippen LogP contribution is 2.22. The van der Waals surface area contributed by atoms with E-state index in [2.05, 4.69) is 5.32 Å². The summed E-state index contributed by atoms with van der Waals surface area (Å²) < 4.78 is 0. The van der Waals surface area contributed by atoms with Crippen LogP contribution in [-0.4, -0.2) is 46.8 Å². The number of rotatable bonds is 5. The lowest BCUT2D eigenvalue weighted by Gasteiger charge is -2.13. The molecule has 196 valence electrons. The van der Waals surface area contributed by atoms with Crippen LogP contribution in [0.25, 0.3) is 0 Å². The van der Waals surface area contributed by atoms with E-state index in [1.54, 1.807) is 48.5 Å². The monoisotopic (exact) mass is 520 g/mol. The van der Waals surface area contributed by atoms with E-state index < -0.39 is 0 Å². The third kappa shape index (κ3) is 6.71. The molecule has 7 nitrogen and oxygen atoms in total. The van der Waals surface area contributed by atoms with E-state index >= 15 is 0 Å². The van der Waals surface area contributed by atoms with Gasteiger partial charge in [-0.3, -0.25) is 29.4 Å². The predicted octanol–water partition coefficient (Wildman–Crippen LogP) is 4.32. The van der Waals surface area contributed by atoms with Crippen molar-refractivity contribution in [2.75, 3.05) is 13.2 Å². The van der Waals surface area contributed by atoms with Gasteiger partial charge in [-0.05, 0) is 48.2 Å². The Morgan fingerprint density at radius 2 is 0.897 bits per heavy atom. The fraction of sp³-hybridized carbons (Fsp3) is 0.125. The van der Waals surface area contributed by atoms with E-state index in [1.807, 2.05) is 60.7 Å². The molecule has 2 heterocycles. The number of aliphatic hydroxyl groups excluding tert-OH is 1. The van der Waals surface area contributed by atoms with Gasteiger partial charge in [0.15, 0.2) is 0 Å². The second kappa shape index (κ2) is 13.1. The van der Waals surface area contributed by atoms with Gasteiger partial charge in [0, 0.05) is 13.2 Å². The average molecular weight is 521 g/mol. The van der Waals surface area contributed by atoms with E-state index in [-0.39, 0.29) is 30.2 Å². The number of benzene rings is 4. The van der Waals surface area contributed by atoms with Gasteiger partial charge in [0.25, 0.3) is 23.6 Å². The molecule has 2 N–H and O–H groups in total. The molecule has 4 aromatic carbocycles. The van der Waals surface area contributed by atoms with Crippen LogP contribution >= 0.6 is 0 Å². The zero-order chi connectivity index (χ0) is 27.6. The summed E-state index contributed by atoms with van der Waals surface area (Å²) in [4.78, 5) is 47.5. The third-order valence-corrected chi connectivity index (χ3v) is 6.23. The van der Waals surface area contributed by atoms with Crippen molar-refractivity contribution in [3.8, 4) is 0 Å². The van der Waals surface area contributed by atoms with Crippen LogP contribution < -0.4 is 5.32 Å². The van der Waals surface area contributed by atoms with Gasteiger partial charge >= 0.3 is 0 Å². The summed E-state index contributed by atoms with van der Waals surface area (Å²) in [6.45, 7) is 0.667. The van der Waals surface area contributed by atoms with Crippen LogP contribution in [-0.2, 0) is 12.8 Å². The molecule has 0 radical (unpaired) electrons. The molecule has 2 aliphatic rings. The van der Waals surface area contributed by atoms with Crippen molar-refractivity contribution in [3.05, 3.63) is 143 Å². The minimum Gasteiger partial charge on any atom is -0.396 e. The lowest BCUT2D eigenvalue weighted by Crippen LogP contribution is -2.31. The maximum Gasteiger partial charge on any atom is 0.261 e. The number of aliphatic hydroxyl groups is 1. The summed E-state index contributed by atoms with van der Waals surface area (Å²) in [5, 5.41) is 10.7. The van der Waals surface area contributed by atoms with Crippen LogP contribution in [0.1, 0.15) is 52.6 Å². The average Bonchev–Trinajstić information content (AvgIpc) is 3.41. The third-order valence-electron chi connectivity index (χ3n) is 6.23. The van der Waals surface area contributed by atoms with E-state index in [0.29, 0.717) is 35.2 Å². The second-order valence-corrected chi connectivity index (χ2v) is 8.83. The second-order valence-electron chi connectivity index (χ2n) is 8.83. The molecule has 2 aliphatic heterocycles. The molecule has 0 bridgehead atoms. The van der Waals surface area contributed by atoms with Gasteiger partial charge in [0.2, 0.25) is 0 Å². The molecule has 0 aliphatic carbocycles. The Kier molecular flexibility index (Phi) is 9.11. The molecule has 0 saturated heterocycles. The van der Waals surface area contributed by atoms with Crippen molar-refractivity contribution in [2.24, 2.45) is 0 Å². The summed E-state index contributed by atoms with van der Waals surface area (Å²) >= 11 is 0. The van der Waals surface area contributed by atoms with Crippen LogP contribution in [0.15, 0.2) is 109 Å². The predicted molar refractivity (Wildman–Crippen MR) is 147 cm³/mol. The van der Waals surface area contributed by atoms with Gasteiger partial charge in [0.1, 0.15) is 0 Å². The number of amides is 4. The van der Waals surface area contributed by atoms with Crippen molar-refractivity contribution in [1.29, 1.82) is 0 Å². The number of hydrogen-bond donors (Lipinski definition) is 2. The number of nitrogens with one attached hydrogen (secondary N) is 1. The molecule has 0 aromatic heterocycles. The van der Waals surface area contributed by atoms with Gasteiger partial charge in [0.05, 0.1) is 22.3 Å². The topological polar surface area (TPSA) is 104 Å². The quantitative estimate of drug-likeness (QED) is 0.382. The molecular weight excluding hydrogens is 492 g/mol. The molecule has 7 heteroatoms. The number of fused-ring (bicyclic) bond motifs is 2. The Hall–Kier alpha value is -4.88. The zero-order valence-electron chi connectivity index (χ0n) is 21.2. The Balaban J connectivity index is 0.000000149. The fourth-order valence-electron chi connectivity index (χ4n) is 4.22. The number of imide groups is 2. The number of hydrogen-bond acceptors (Lipinski definition) is 5. The number of carbonyl (C=O) groups excluding carboxylic acids is 4. The van der Waals surface area contributed by atoms with Gasteiger partial charge in [-0.1, -0.05) is 84.9 Å². The summed E-state index contributed by atoms with van der Waals surface area (Å²) in [6, 6.07) is 33.5. The van der Waals surface area contributed by atoms with E-state index in [4.69, 9.17) is 5.11 Å². The highest BCUT2D eigenvalue weighted by molar-refractivity contribution is 6.22. The standard InChI is InChI=1S/C16H13NO2.C8H5NO2.C8H10O/c18-15-13-8-4-5-9-14(13)16(19)17(15)11-10-12-6-2-1-3-7-12;10-7-5-3-1-2-4-6(5)8(11)9-7;9-7-6-8-4-2-1-3-5-8/h1-9H,10-11H2;1-4H,(H,9,10,11);1-5,9H,6-7H2. The van der Waals surface area contributed by atoms with Gasteiger partial charge < -0.3 is 5.11 Å². The van der Waals surface area contributed by atoms with Crippen molar-refractivity contribution >= 4 is 23.6 Å². The Labute approximate surface area is 226 Å². The highest BCUT2D eigenvalue weighted by atomic mass is 16.3. The van der Waals surface area contributed by atoms with Crippen molar-refractivity contribution in [1.82, 2.24) is 10.2 Å². The molecular formula is C32H28N2O5. The zero-order valence-corrected chi connectivity index (χ0v) is 21.2. The first kappa shape index (κ1) is 27.2. The van der Waals surface area contributed by atoms with Gasteiger partial charge in [-0.25, -0.2) is 0 Å². The SMILES string of the molecule is O=C1NC(=O)c2ccccc21.O=C1c2ccccc2C(=O)N1CCc1ccccc1.OCCc1ccccc1. The molecule has 0 spiro atoms. The minimum absolute atomic E-state index is 0.184. The largest absolute Gasteiger partial charge is 0.396 e. The Morgan fingerprint density at radius 3 is 1.33 bits per heavy atom. The molecule has 4 aromatic rings. The van der Waals surface area contributed by atoms with Crippen LogP contribution in [0.3, 0.4) is 0 Å². The van der Waals surface area contributed by atoms with Crippen LogP contribution in [0.2, 0.25) is 0 Å². The van der Waals surface area contributed by atoms with E-state index in [1.165, 1.54) is 10.5 Å². The van der Waals surface area contributed by atoms with E-state index in [0.717, 1.165) is 12.0 Å². The highest BCUT2D eigenvalue weighted by Gasteiger charge is 2.34. The summed E-state index contributed by atoms with van der Waals surface area (Å²) in [6.07, 6.45) is 1.45. The first-order valence-corrected chi connectivity index (χ1v) is 12.6. The summed E-state index contributed by atoms with van der Waals surface area (Å²) in [5.74, 6) is -0.968. The number of nitrogens with zero attached hydrogens (tertiary/aromatic N) is 1.